The third-order valence-corrected chi connectivity index (χ3v) is 3.15. The van der Waals surface area contributed by atoms with Crippen LogP contribution in [0, 0.1) is 5.92 Å². The van der Waals surface area contributed by atoms with Crippen molar-refractivity contribution in [2.45, 2.75) is 25.8 Å². The van der Waals surface area contributed by atoms with E-state index >= 15 is 0 Å². The third-order valence-electron chi connectivity index (χ3n) is 2.68. The molecule has 13 heavy (non-hydrogen) atoms. The predicted molar refractivity (Wildman–Crippen MR) is 57.7 cm³/mol. The SMILES string of the molecule is CC1CCC1Nc1ccc(Br)cn1. The first-order valence-corrected chi connectivity index (χ1v) is 5.43. The molecule has 2 atom stereocenters. The van der Waals surface area contributed by atoms with Gasteiger partial charge in [-0.3, -0.25) is 0 Å². The maximum Gasteiger partial charge on any atom is 0.126 e. The quantitative estimate of drug-likeness (QED) is 0.860. The van der Waals surface area contributed by atoms with E-state index in [2.05, 4.69) is 33.2 Å². The first-order chi connectivity index (χ1) is 6.25. The monoisotopic (exact) mass is 240 g/mol. The second-order valence-corrected chi connectivity index (χ2v) is 4.58. The molecule has 0 saturated heterocycles. The fourth-order valence-corrected chi connectivity index (χ4v) is 1.77. The van der Waals surface area contributed by atoms with Crippen LogP contribution in [-0.2, 0) is 0 Å². The number of hydrogen-bond acceptors (Lipinski definition) is 2. The Hall–Kier alpha value is -0.570. The van der Waals surface area contributed by atoms with Crippen molar-refractivity contribution in [1.82, 2.24) is 4.98 Å². The van der Waals surface area contributed by atoms with Crippen molar-refractivity contribution in [3.05, 3.63) is 22.8 Å². The van der Waals surface area contributed by atoms with E-state index in [9.17, 15) is 0 Å². The Morgan fingerprint density at radius 1 is 1.46 bits per heavy atom. The molecule has 1 aromatic rings. The van der Waals surface area contributed by atoms with Crippen LogP contribution in [0.4, 0.5) is 5.82 Å². The van der Waals surface area contributed by atoms with E-state index in [4.69, 9.17) is 0 Å². The van der Waals surface area contributed by atoms with E-state index < -0.39 is 0 Å². The van der Waals surface area contributed by atoms with Gasteiger partial charge in [0.25, 0.3) is 0 Å². The molecule has 0 bridgehead atoms. The van der Waals surface area contributed by atoms with Crippen LogP contribution in [0.3, 0.4) is 0 Å². The molecule has 3 heteroatoms. The summed E-state index contributed by atoms with van der Waals surface area (Å²) in [5.74, 6) is 1.78. The molecule has 2 unspecified atom stereocenters. The second-order valence-electron chi connectivity index (χ2n) is 3.67. The highest BCUT2D eigenvalue weighted by Crippen LogP contribution is 2.29. The molecular formula is C10H13BrN2. The molecule has 1 N–H and O–H groups in total. The Labute approximate surface area is 86.9 Å². The fraction of sp³-hybridized carbons (Fsp3) is 0.500. The molecule has 1 saturated carbocycles. The molecule has 0 spiro atoms. The van der Waals surface area contributed by atoms with Gasteiger partial charge in [-0.05, 0) is 46.8 Å². The largest absolute Gasteiger partial charge is 0.367 e. The third kappa shape index (κ3) is 2.02. The van der Waals surface area contributed by atoms with Gasteiger partial charge < -0.3 is 5.32 Å². The van der Waals surface area contributed by atoms with Crippen molar-refractivity contribution >= 4 is 21.7 Å². The summed E-state index contributed by atoms with van der Waals surface area (Å²) in [5.41, 5.74) is 0. The highest BCUT2D eigenvalue weighted by atomic mass is 79.9. The normalized spacial score (nSPS) is 26.6. The number of nitrogens with one attached hydrogen (secondary N) is 1. The minimum absolute atomic E-state index is 0.633. The topological polar surface area (TPSA) is 24.9 Å². The van der Waals surface area contributed by atoms with Gasteiger partial charge in [-0.1, -0.05) is 6.92 Å². The van der Waals surface area contributed by atoms with Gasteiger partial charge in [0.1, 0.15) is 5.82 Å². The summed E-state index contributed by atoms with van der Waals surface area (Å²) >= 11 is 3.36. The molecule has 0 radical (unpaired) electrons. The zero-order valence-corrected chi connectivity index (χ0v) is 9.21. The van der Waals surface area contributed by atoms with E-state index in [-0.39, 0.29) is 0 Å². The lowest BCUT2D eigenvalue weighted by atomic mass is 9.81. The van der Waals surface area contributed by atoms with Gasteiger partial charge in [-0.25, -0.2) is 4.98 Å². The van der Waals surface area contributed by atoms with Crippen LogP contribution < -0.4 is 5.32 Å². The first kappa shape index (κ1) is 9.00. The number of anilines is 1. The average Bonchev–Trinajstić information content (AvgIpc) is 2.15. The molecule has 2 nitrogen and oxygen atoms in total. The maximum absolute atomic E-state index is 4.28. The van der Waals surface area contributed by atoms with Crippen LogP contribution >= 0.6 is 15.9 Å². The summed E-state index contributed by atoms with van der Waals surface area (Å²) in [4.78, 5) is 4.28. The van der Waals surface area contributed by atoms with Gasteiger partial charge in [0.2, 0.25) is 0 Å². The number of rotatable bonds is 2. The summed E-state index contributed by atoms with van der Waals surface area (Å²) in [6.07, 6.45) is 4.44. The summed E-state index contributed by atoms with van der Waals surface area (Å²) in [6.45, 7) is 2.28. The Morgan fingerprint density at radius 3 is 2.77 bits per heavy atom. The van der Waals surface area contributed by atoms with Gasteiger partial charge >= 0.3 is 0 Å². The molecule has 1 aromatic heterocycles. The highest BCUT2D eigenvalue weighted by Gasteiger charge is 2.26. The van der Waals surface area contributed by atoms with Crippen LogP contribution in [-0.4, -0.2) is 11.0 Å². The van der Waals surface area contributed by atoms with Crippen LogP contribution in [0.15, 0.2) is 22.8 Å². The van der Waals surface area contributed by atoms with Crippen LogP contribution in [0.5, 0.6) is 0 Å². The van der Waals surface area contributed by atoms with E-state index in [1.807, 2.05) is 18.3 Å². The van der Waals surface area contributed by atoms with E-state index in [1.165, 1.54) is 12.8 Å². The van der Waals surface area contributed by atoms with Gasteiger partial charge in [0.05, 0.1) is 0 Å². The van der Waals surface area contributed by atoms with Crippen molar-refractivity contribution in [3.63, 3.8) is 0 Å². The van der Waals surface area contributed by atoms with Crippen LogP contribution in [0.25, 0.3) is 0 Å². The van der Waals surface area contributed by atoms with Crippen LogP contribution in [0.2, 0.25) is 0 Å². The van der Waals surface area contributed by atoms with Gasteiger partial charge in [-0.15, -0.1) is 0 Å². The zero-order chi connectivity index (χ0) is 9.26. The minimum atomic E-state index is 0.633. The maximum atomic E-state index is 4.28. The van der Waals surface area contributed by atoms with Crippen molar-refractivity contribution in [2.75, 3.05) is 5.32 Å². The standard InChI is InChI=1S/C10H13BrN2/c1-7-2-4-9(7)13-10-5-3-8(11)6-12-10/h3,5-7,9H,2,4H2,1H3,(H,12,13). The van der Waals surface area contributed by atoms with Crippen LogP contribution in [0.1, 0.15) is 19.8 Å². The predicted octanol–water partition coefficient (Wildman–Crippen LogP) is 3.05. The summed E-state index contributed by atoms with van der Waals surface area (Å²) < 4.78 is 1.03. The Morgan fingerprint density at radius 2 is 2.31 bits per heavy atom. The lowest BCUT2D eigenvalue weighted by molar-refractivity contribution is 0.303. The van der Waals surface area contributed by atoms with Crippen molar-refractivity contribution in [3.8, 4) is 0 Å². The number of halogens is 1. The molecule has 1 heterocycles. The smallest absolute Gasteiger partial charge is 0.126 e. The van der Waals surface area contributed by atoms with Gasteiger partial charge in [0, 0.05) is 16.7 Å². The molecule has 1 aliphatic carbocycles. The fourth-order valence-electron chi connectivity index (χ4n) is 1.53. The lowest BCUT2D eigenvalue weighted by Gasteiger charge is -2.34. The highest BCUT2D eigenvalue weighted by molar-refractivity contribution is 9.10. The molecule has 1 aliphatic rings. The summed E-state index contributed by atoms with van der Waals surface area (Å²) in [6, 6.07) is 4.65. The van der Waals surface area contributed by atoms with E-state index in [0.717, 1.165) is 16.2 Å². The lowest BCUT2D eigenvalue weighted by Crippen LogP contribution is -2.36. The zero-order valence-electron chi connectivity index (χ0n) is 7.63. The number of aromatic nitrogens is 1. The van der Waals surface area contributed by atoms with Crippen molar-refractivity contribution in [1.29, 1.82) is 0 Å². The molecule has 2 rings (SSSR count). The molecule has 0 aromatic carbocycles. The first-order valence-electron chi connectivity index (χ1n) is 4.64. The molecule has 0 aliphatic heterocycles. The van der Waals surface area contributed by atoms with E-state index in [1.54, 1.807) is 0 Å². The van der Waals surface area contributed by atoms with Crippen molar-refractivity contribution < 1.29 is 0 Å². The Balaban J connectivity index is 1.98. The summed E-state index contributed by atoms with van der Waals surface area (Å²) in [5, 5.41) is 3.42. The molecule has 0 amide bonds. The number of pyridine rings is 1. The van der Waals surface area contributed by atoms with E-state index in [0.29, 0.717) is 6.04 Å². The minimum Gasteiger partial charge on any atom is -0.367 e. The molecular weight excluding hydrogens is 228 g/mol. The average molecular weight is 241 g/mol. The second kappa shape index (κ2) is 3.66. The Kier molecular flexibility index (Phi) is 2.54. The summed E-state index contributed by atoms with van der Waals surface area (Å²) in [7, 11) is 0. The Bertz CT molecular complexity index is 283. The molecule has 70 valence electrons. The molecule has 1 fully saturated rings. The van der Waals surface area contributed by atoms with Gasteiger partial charge in [0.15, 0.2) is 0 Å². The van der Waals surface area contributed by atoms with Gasteiger partial charge in [-0.2, -0.15) is 0 Å². The number of hydrogen-bond donors (Lipinski definition) is 1. The number of nitrogens with zero attached hydrogens (tertiary/aromatic N) is 1. The van der Waals surface area contributed by atoms with Crippen molar-refractivity contribution in [2.24, 2.45) is 5.92 Å².